The molecule has 0 N–H and O–H groups in total. The van der Waals surface area contributed by atoms with Crippen LogP contribution in [0.4, 0.5) is 0 Å². The molecule has 2 aromatic rings. The Kier molecular flexibility index (Phi) is 4.63. The van der Waals surface area contributed by atoms with E-state index in [0.717, 1.165) is 22.7 Å². The number of aromatic nitrogens is 2. The molecule has 0 saturated carbocycles. The van der Waals surface area contributed by atoms with Gasteiger partial charge >= 0.3 is 0 Å². The monoisotopic (exact) mass is 369 g/mol. The van der Waals surface area contributed by atoms with Gasteiger partial charge in [0.2, 0.25) is 0 Å². The number of thioether (sulfide) groups is 1. The van der Waals surface area contributed by atoms with Gasteiger partial charge in [0.25, 0.3) is 5.91 Å². The minimum absolute atomic E-state index is 0.0224. The van der Waals surface area contributed by atoms with Gasteiger partial charge in [0.1, 0.15) is 5.37 Å². The predicted octanol–water partition coefficient (Wildman–Crippen LogP) is 4.23. The van der Waals surface area contributed by atoms with E-state index in [1.165, 1.54) is 0 Å². The lowest BCUT2D eigenvalue weighted by molar-refractivity contribution is 0.0758. The van der Waals surface area contributed by atoms with Crippen molar-refractivity contribution in [2.45, 2.75) is 19.2 Å². The Morgan fingerprint density at radius 1 is 1.30 bits per heavy atom. The Morgan fingerprint density at radius 2 is 2.04 bits per heavy atom. The Morgan fingerprint density at radius 3 is 2.65 bits per heavy atom. The average Bonchev–Trinajstić information content (AvgIpc) is 3.07. The normalized spacial score (nSPS) is 17.8. The van der Waals surface area contributed by atoms with Gasteiger partial charge < -0.3 is 4.90 Å². The minimum atomic E-state index is -0.0451. The van der Waals surface area contributed by atoms with Gasteiger partial charge in [0.15, 0.2) is 0 Å². The first-order valence-corrected chi connectivity index (χ1v) is 9.08. The van der Waals surface area contributed by atoms with Gasteiger partial charge in [-0.1, -0.05) is 29.3 Å². The third kappa shape index (κ3) is 2.97. The summed E-state index contributed by atoms with van der Waals surface area (Å²) in [5.74, 6) is 0.920. The summed E-state index contributed by atoms with van der Waals surface area (Å²) >= 11 is 13.9. The van der Waals surface area contributed by atoms with E-state index in [9.17, 15) is 4.79 Å². The average molecular weight is 370 g/mol. The van der Waals surface area contributed by atoms with E-state index in [1.54, 1.807) is 22.5 Å². The second kappa shape index (κ2) is 6.38. The van der Waals surface area contributed by atoms with Gasteiger partial charge in [0.05, 0.1) is 21.3 Å². The molecular formula is C16H17Cl2N3OS. The molecule has 1 aromatic carbocycles. The summed E-state index contributed by atoms with van der Waals surface area (Å²) in [4.78, 5) is 14.9. The molecule has 1 amide bonds. The van der Waals surface area contributed by atoms with Gasteiger partial charge in [-0.3, -0.25) is 9.48 Å². The van der Waals surface area contributed by atoms with Crippen molar-refractivity contribution in [3.63, 3.8) is 0 Å². The fourth-order valence-corrected chi connectivity index (χ4v) is 4.40. The number of halogens is 2. The molecule has 3 rings (SSSR count). The van der Waals surface area contributed by atoms with Crippen molar-refractivity contribution in [3.05, 3.63) is 50.8 Å². The number of benzene rings is 1. The molecule has 1 saturated heterocycles. The van der Waals surface area contributed by atoms with Crippen LogP contribution in [0.15, 0.2) is 18.2 Å². The number of amides is 1. The molecular weight excluding hydrogens is 353 g/mol. The molecule has 0 bridgehead atoms. The summed E-state index contributed by atoms with van der Waals surface area (Å²) in [6, 6.07) is 5.55. The van der Waals surface area contributed by atoms with E-state index in [1.807, 2.05) is 37.9 Å². The van der Waals surface area contributed by atoms with Crippen LogP contribution in [0, 0.1) is 13.8 Å². The van der Waals surface area contributed by atoms with Crippen LogP contribution >= 0.6 is 35.0 Å². The van der Waals surface area contributed by atoms with Crippen molar-refractivity contribution < 1.29 is 4.79 Å². The largest absolute Gasteiger partial charge is 0.322 e. The van der Waals surface area contributed by atoms with Crippen molar-refractivity contribution in [1.82, 2.24) is 14.7 Å². The summed E-state index contributed by atoms with van der Waals surface area (Å²) in [5, 5.41) is 5.34. The molecule has 0 aliphatic carbocycles. The Labute approximate surface area is 149 Å². The fraction of sp³-hybridized carbons (Fsp3) is 0.375. The van der Waals surface area contributed by atoms with Gasteiger partial charge in [-0.15, -0.1) is 11.8 Å². The highest BCUT2D eigenvalue weighted by atomic mass is 35.5. The number of rotatable bonds is 2. The molecule has 0 radical (unpaired) electrons. The highest BCUT2D eigenvalue weighted by Gasteiger charge is 2.33. The number of aryl methyl sites for hydroxylation is 2. The second-order valence-electron chi connectivity index (χ2n) is 5.56. The van der Waals surface area contributed by atoms with Gasteiger partial charge in [-0.25, -0.2) is 0 Å². The molecule has 122 valence electrons. The molecule has 1 atom stereocenters. The van der Waals surface area contributed by atoms with Crippen LogP contribution in [0.2, 0.25) is 10.0 Å². The molecule has 4 nitrogen and oxygen atoms in total. The van der Waals surface area contributed by atoms with Crippen LogP contribution in [0.5, 0.6) is 0 Å². The number of carbonyl (C=O) groups is 1. The number of hydrogen-bond acceptors (Lipinski definition) is 3. The van der Waals surface area contributed by atoms with Gasteiger partial charge in [0, 0.05) is 25.0 Å². The van der Waals surface area contributed by atoms with Crippen LogP contribution in [0.1, 0.15) is 32.7 Å². The second-order valence-corrected chi connectivity index (χ2v) is 7.57. The van der Waals surface area contributed by atoms with Crippen molar-refractivity contribution in [1.29, 1.82) is 0 Å². The standard InChI is InChI=1S/C16H17Cl2N3OS/c1-9-14(10(2)20(3)19-9)15(22)21-6-7-23-16(21)11-4-5-12(17)13(18)8-11/h4-5,8,16H,6-7H2,1-3H3. The lowest BCUT2D eigenvalue weighted by Gasteiger charge is -2.24. The smallest absolute Gasteiger partial charge is 0.258 e. The zero-order chi connectivity index (χ0) is 16.7. The van der Waals surface area contributed by atoms with E-state index in [4.69, 9.17) is 23.2 Å². The van der Waals surface area contributed by atoms with Crippen molar-refractivity contribution in [2.24, 2.45) is 7.05 Å². The third-order valence-electron chi connectivity index (χ3n) is 4.10. The predicted molar refractivity (Wildman–Crippen MR) is 95.4 cm³/mol. The van der Waals surface area contributed by atoms with Crippen LogP contribution in [0.3, 0.4) is 0 Å². The van der Waals surface area contributed by atoms with Gasteiger partial charge in [-0.2, -0.15) is 5.10 Å². The van der Waals surface area contributed by atoms with E-state index in [-0.39, 0.29) is 11.3 Å². The Hall–Kier alpha value is -1.17. The summed E-state index contributed by atoms with van der Waals surface area (Å²) < 4.78 is 1.75. The lowest BCUT2D eigenvalue weighted by atomic mass is 10.1. The van der Waals surface area contributed by atoms with Crippen LogP contribution in [-0.2, 0) is 7.05 Å². The van der Waals surface area contributed by atoms with Crippen LogP contribution < -0.4 is 0 Å². The Bertz CT molecular complexity index is 775. The lowest BCUT2D eigenvalue weighted by Crippen LogP contribution is -2.31. The molecule has 1 aromatic heterocycles. The third-order valence-corrected chi connectivity index (χ3v) is 6.10. The maximum absolute atomic E-state index is 13.0. The number of nitrogens with zero attached hydrogens (tertiary/aromatic N) is 3. The van der Waals surface area contributed by atoms with E-state index in [0.29, 0.717) is 22.2 Å². The van der Waals surface area contributed by atoms with E-state index >= 15 is 0 Å². The Balaban J connectivity index is 1.95. The summed E-state index contributed by atoms with van der Waals surface area (Å²) in [6.45, 7) is 4.50. The first-order valence-electron chi connectivity index (χ1n) is 7.28. The van der Waals surface area contributed by atoms with Crippen LogP contribution in [0.25, 0.3) is 0 Å². The minimum Gasteiger partial charge on any atom is -0.322 e. The number of hydrogen-bond donors (Lipinski definition) is 0. The molecule has 7 heteroatoms. The fourth-order valence-electron chi connectivity index (χ4n) is 2.85. The molecule has 23 heavy (non-hydrogen) atoms. The number of carbonyl (C=O) groups excluding carboxylic acids is 1. The summed E-state index contributed by atoms with van der Waals surface area (Å²) in [5.41, 5.74) is 3.34. The van der Waals surface area contributed by atoms with Crippen molar-refractivity contribution in [2.75, 3.05) is 12.3 Å². The van der Waals surface area contributed by atoms with Crippen molar-refractivity contribution in [3.8, 4) is 0 Å². The quantitative estimate of drug-likeness (QED) is 0.794. The van der Waals surface area contributed by atoms with E-state index in [2.05, 4.69) is 5.10 Å². The topological polar surface area (TPSA) is 38.1 Å². The molecule has 1 fully saturated rings. The van der Waals surface area contributed by atoms with Crippen molar-refractivity contribution >= 4 is 40.9 Å². The molecule has 2 heterocycles. The zero-order valence-electron chi connectivity index (χ0n) is 13.1. The molecule has 1 aliphatic heterocycles. The van der Waals surface area contributed by atoms with Gasteiger partial charge in [-0.05, 0) is 31.5 Å². The summed E-state index contributed by atoms with van der Waals surface area (Å²) in [6.07, 6.45) is 0. The maximum Gasteiger partial charge on any atom is 0.258 e. The zero-order valence-corrected chi connectivity index (χ0v) is 15.5. The molecule has 1 unspecified atom stereocenters. The SMILES string of the molecule is Cc1nn(C)c(C)c1C(=O)N1CCSC1c1ccc(Cl)c(Cl)c1. The first-order chi connectivity index (χ1) is 10.9. The highest BCUT2D eigenvalue weighted by molar-refractivity contribution is 7.99. The first kappa shape index (κ1) is 16.7. The maximum atomic E-state index is 13.0. The molecule has 0 spiro atoms. The van der Waals surface area contributed by atoms with E-state index < -0.39 is 0 Å². The molecule has 1 aliphatic rings. The summed E-state index contributed by atoms with van der Waals surface area (Å²) in [7, 11) is 1.86. The highest BCUT2D eigenvalue weighted by Crippen LogP contribution is 2.40. The van der Waals surface area contributed by atoms with Crippen LogP contribution in [-0.4, -0.2) is 32.9 Å².